The number of halogens is 4. The molecule has 0 unspecified atom stereocenters. The summed E-state index contributed by atoms with van der Waals surface area (Å²) in [5.41, 5.74) is -3.66. The van der Waals surface area contributed by atoms with Gasteiger partial charge in [0, 0.05) is 44.5 Å². The quantitative estimate of drug-likeness (QED) is 0.301. The normalized spacial score (nSPS) is 17.6. The summed E-state index contributed by atoms with van der Waals surface area (Å²) in [5, 5.41) is 8.97. The van der Waals surface area contributed by atoms with Gasteiger partial charge in [-0.2, -0.15) is 18.4 Å². The van der Waals surface area contributed by atoms with E-state index >= 15 is 4.39 Å². The van der Waals surface area contributed by atoms with E-state index in [1.807, 2.05) is 20.8 Å². The van der Waals surface area contributed by atoms with Gasteiger partial charge in [-0.3, -0.25) is 14.6 Å². The molecule has 2 fully saturated rings. The number of thiocarbonyl (C=S) groups is 1. The number of nitrogens with zero attached hydrogens (tertiary/aromatic N) is 5. The maximum atomic E-state index is 15.2. The minimum atomic E-state index is -4.83. The summed E-state index contributed by atoms with van der Waals surface area (Å²) in [6.07, 6.45) is -5.18. The molecule has 0 radical (unpaired) electrons. The average Bonchev–Trinajstić information content (AvgIpc) is 3.11. The summed E-state index contributed by atoms with van der Waals surface area (Å²) in [6, 6.07) is 8.48. The average molecular weight is 636 g/mol. The summed E-state index contributed by atoms with van der Waals surface area (Å²) in [4.78, 5) is 31.7. The van der Waals surface area contributed by atoms with Crippen molar-refractivity contribution in [3.8, 4) is 11.8 Å². The number of ether oxygens (including phenoxy) is 2. The molecule has 2 heterocycles. The van der Waals surface area contributed by atoms with Crippen molar-refractivity contribution in [2.24, 2.45) is 0 Å². The topological polar surface area (TPSA) is 89.3 Å². The Morgan fingerprint density at radius 3 is 2.25 bits per heavy atom. The van der Waals surface area contributed by atoms with Gasteiger partial charge in [0.1, 0.15) is 17.7 Å². The number of anilines is 2. The number of piperazine rings is 1. The van der Waals surface area contributed by atoms with E-state index in [0.717, 1.165) is 17.0 Å². The van der Waals surface area contributed by atoms with Crippen LogP contribution in [0.4, 0.5) is 33.7 Å². The van der Waals surface area contributed by atoms with Gasteiger partial charge in [-0.25, -0.2) is 9.18 Å². The first-order chi connectivity index (χ1) is 20.4. The van der Waals surface area contributed by atoms with Crippen molar-refractivity contribution >= 4 is 40.7 Å². The molecule has 0 spiro atoms. The van der Waals surface area contributed by atoms with E-state index in [4.69, 9.17) is 27.0 Å². The van der Waals surface area contributed by atoms with Crippen LogP contribution in [0.1, 0.15) is 45.7 Å². The molecule has 2 aromatic carbocycles. The summed E-state index contributed by atoms with van der Waals surface area (Å²) >= 11 is 5.51. The number of rotatable bonds is 6. The Hall–Kier alpha value is -3.96. The Morgan fingerprint density at radius 1 is 1.05 bits per heavy atom. The summed E-state index contributed by atoms with van der Waals surface area (Å²) < 4.78 is 67.0. The fourth-order valence-electron chi connectivity index (χ4n) is 4.97. The second-order valence-corrected chi connectivity index (χ2v) is 12.3. The van der Waals surface area contributed by atoms with Crippen LogP contribution < -0.4 is 14.5 Å². The largest absolute Gasteiger partial charge is 0.489 e. The van der Waals surface area contributed by atoms with Crippen molar-refractivity contribution in [2.45, 2.75) is 51.9 Å². The van der Waals surface area contributed by atoms with E-state index in [1.165, 1.54) is 43.0 Å². The molecule has 2 aliphatic heterocycles. The highest BCUT2D eigenvalue weighted by Crippen LogP contribution is 2.40. The minimum Gasteiger partial charge on any atom is -0.489 e. The molecule has 2 aliphatic rings. The molecular formula is C30H33F4N5O4S. The number of amides is 2. The Kier molecular flexibility index (Phi) is 9.14. The summed E-state index contributed by atoms with van der Waals surface area (Å²) in [6.45, 7) is 11.4. The lowest BCUT2D eigenvalue weighted by Gasteiger charge is -2.35. The maximum Gasteiger partial charge on any atom is 0.417 e. The van der Waals surface area contributed by atoms with E-state index < -0.39 is 40.2 Å². The van der Waals surface area contributed by atoms with Gasteiger partial charge in [0.2, 0.25) is 0 Å². The third-order valence-corrected chi connectivity index (χ3v) is 7.58. The second kappa shape index (κ2) is 12.2. The van der Waals surface area contributed by atoms with Crippen molar-refractivity contribution in [1.82, 2.24) is 9.80 Å². The van der Waals surface area contributed by atoms with Gasteiger partial charge in [-0.05, 0) is 77.2 Å². The van der Waals surface area contributed by atoms with Gasteiger partial charge in [-0.15, -0.1) is 0 Å². The number of alkyl halides is 3. The Labute approximate surface area is 258 Å². The predicted molar refractivity (Wildman–Crippen MR) is 159 cm³/mol. The zero-order chi connectivity index (χ0) is 32.6. The number of hydrogen-bond donors (Lipinski definition) is 0. The van der Waals surface area contributed by atoms with Gasteiger partial charge >= 0.3 is 12.3 Å². The lowest BCUT2D eigenvalue weighted by molar-refractivity contribution is -0.137. The SMILES string of the molecule is CC(C)(C)OC(=O)N1CCN(CCOc2ccc(N3C(=S)N(c4ccc(C#N)c(C(F)(F)F)c4)C(=O)C3(C)C)cc2F)CC1. The zero-order valence-electron chi connectivity index (χ0n) is 25.0. The van der Waals surface area contributed by atoms with Gasteiger partial charge in [0.25, 0.3) is 5.91 Å². The lowest BCUT2D eigenvalue weighted by Crippen LogP contribution is -2.50. The van der Waals surface area contributed by atoms with Crippen LogP contribution in [0.5, 0.6) is 5.75 Å². The van der Waals surface area contributed by atoms with E-state index in [0.29, 0.717) is 38.8 Å². The van der Waals surface area contributed by atoms with Crippen LogP contribution in [0.15, 0.2) is 36.4 Å². The van der Waals surface area contributed by atoms with Crippen molar-refractivity contribution in [1.29, 1.82) is 5.26 Å². The molecule has 2 amide bonds. The summed E-state index contributed by atoms with van der Waals surface area (Å²) in [5.74, 6) is -1.35. The molecule has 4 rings (SSSR count). The third-order valence-electron chi connectivity index (χ3n) is 7.22. The molecule has 2 aromatic rings. The molecule has 0 aliphatic carbocycles. The first kappa shape index (κ1) is 32.9. The van der Waals surface area contributed by atoms with Gasteiger partial charge < -0.3 is 19.3 Å². The molecule has 44 heavy (non-hydrogen) atoms. The second-order valence-electron chi connectivity index (χ2n) is 11.9. The first-order valence-corrected chi connectivity index (χ1v) is 14.3. The number of nitriles is 1. The smallest absolute Gasteiger partial charge is 0.417 e. The van der Waals surface area contributed by atoms with Gasteiger partial charge in [0.15, 0.2) is 16.7 Å². The predicted octanol–water partition coefficient (Wildman–Crippen LogP) is 5.56. The zero-order valence-corrected chi connectivity index (χ0v) is 25.8. The highest BCUT2D eigenvalue weighted by atomic mass is 32.1. The van der Waals surface area contributed by atoms with Gasteiger partial charge in [0.05, 0.1) is 22.9 Å². The molecule has 0 atom stereocenters. The molecule has 2 saturated heterocycles. The molecule has 9 nitrogen and oxygen atoms in total. The first-order valence-electron chi connectivity index (χ1n) is 13.9. The number of hydrogen-bond acceptors (Lipinski definition) is 7. The highest BCUT2D eigenvalue weighted by Gasteiger charge is 2.51. The van der Waals surface area contributed by atoms with Crippen LogP contribution in [0.3, 0.4) is 0 Å². The van der Waals surface area contributed by atoms with Crippen LogP contribution in [0.25, 0.3) is 0 Å². The van der Waals surface area contributed by atoms with Crippen LogP contribution >= 0.6 is 12.2 Å². The minimum absolute atomic E-state index is 0.0193. The van der Waals surface area contributed by atoms with Crippen LogP contribution in [-0.2, 0) is 15.7 Å². The van der Waals surface area contributed by atoms with E-state index in [-0.39, 0.29) is 34.9 Å². The van der Waals surface area contributed by atoms with E-state index in [2.05, 4.69) is 4.90 Å². The van der Waals surface area contributed by atoms with E-state index in [1.54, 1.807) is 4.90 Å². The molecule has 236 valence electrons. The third kappa shape index (κ3) is 6.89. The number of carbonyl (C=O) groups excluding carboxylic acids is 2. The Morgan fingerprint density at radius 2 is 1.68 bits per heavy atom. The molecule has 0 aromatic heterocycles. The fraction of sp³-hybridized carbons (Fsp3) is 0.467. The van der Waals surface area contributed by atoms with Crippen molar-refractivity contribution < 1.29 is 36.6 Å². The van der Waals surface area contributed by atoms with Crippen LogP contribution in [-0.4, -0.2) is 77.4 Å². The number of carbonyl (C=O) groups is 2. The molecule has 0 saturated carbocycles. The van der Waals surface area contributed by atoms with Crippen molar-refractivity contribution in [2.75, 3.05) is 49.1 Å². The standard InChI is InChI=1S/C30H33F4N5O4S/c1-28(2,3)43-27(41)37-12-10-36(11-13-37)14-15-42-24-9-8-21(17-23(24)31)39-26(44)38(25(40)29(39,4)5)20-7-6-19(18-35)22(16-20)30(32,33)34/h6-9,16-17H,10-15H2,1-5H3. The Balaban J connectivity index is 1.42. The maximum absolute atomic E-state index is 15.2. The fourth-order valence-corrected chi connectivity index (χ4v) is 5.49. The van der Waals surface area contributed by atoms with Crippen molar-refractivity contribution in [3.05, 3.63) is 53.3 Å². The number of benzene rings is 2. The Bertz CT molecular complexity index is 1490. The van der Waals surface area contributed by atoms with Crippen LogP contribution in [0.2, 0.25) is 0 Å². The molecular weight excluding hydrogens is 602 g/mol. The molecule has 14 heteroatoms. The lowest BCUT2D eigenvalue weighted by atomic mass is 10.0. The molecule has 0 bridgehead atoms. The van der Waals surface area contributed by atoms with Crippen LogP contribution in [0, 0.1) is 17.1 Å². The highest BCUT2D eigenvalue weighted by molar-refractivity contribution is 7.81. The van der Waals surface area contributed by atoms with E-state index in [9.17, 15) is 22.8 Å². The monoisotopic (exact) mass is 635 g/mol. The molecule has 0 N–H and O–H groups in total. The summed E-state index contributed by atoms with van der Waals surface area (Å²) in [7, 11) is 0. The van der Waals surface area contributed by atoms with Gasteiger partial charge in [-0.1, -0.05) is 0 Å². The van der Waals surface area contributed by atoms with Crippen molar-refractivity contribution in [3.63, 3.8) is 0 Å².